The molecule has 0 saturated carbocycles. The number of amides is 1. The predicted octanol–water partition coefficient (Wildman–Crippen LogP) is 2.34. The number of carboxylic acids is 1. The van der Waals surface area contributed by atoms with Gasteiger partial charge in [-0.2, -0.15) is 0 Å². The third-order valence-electron chi connectivity index (χ3n) is 3.77. The van der Waals surface area contributed by atoms with E-state index in [9.17, 15) is 9.59 Å². The second-order valence-corrected chi connectivity index (χ2v) is 6.08. The monoisotopic (exact) mass is 309 g/mol. The molecule has 2 atom stereocenters. The SMILES string of the molecule is COC1CN(C(=O)c2sccc2/C=C/C(=O)O)CCC1C. The van der Waals surface area contributed by atoms with Crippen molar-refractivity contribution in [3.8, 4) is 0 Å². The van der Waals surface area contributed by atoms with Crippen LogP contribution in [0.5, 0.6) is 0 Å². The molecule has 1 saturated heterocycles. The summed E-state index contributed by atoms with van der Waals surface area (Å²) in [6.07, 6.45) is 3.48. The average Bonchev–Trinajstić information content (AvgIpc) is 2.93. The van der Waals surface area contributed by atoms with Crippen LogP contribution >= 0.6 is 11.3 Å². The van der Waals surface area contributed by atoms with Gasteiger partial charge in [0.25, 0.3) is 5.91 Å². The number of carbonyl (C=O) groups is 2. The second-order valence-electron chi connectivity index (χ2n) is 5.17. The zero-order chi connectivity index (χ0) is 15.4. The number of aliphatic carboxylic acids is 1. The molecule has 21 heavy (non-hydrogen) atoms. The van der Waals surface area contributed by atoms with Gasteiger partial charge >= 0.3 is 5.97 Å². The second kappa shape index (κ2) is 6.87. The number of carbonyl (C=O) groups excluding carboxylic acids is 1. The molecular formula is C15H19NO4S. The maximum Gasteiger partial charge on any atom is 0.328 e. The molecule has 0 aromatic carbocycles. The molecule has 6 heteroatoms. The smallest absolute Gasteiger partial charge is 0.328 e. The molecule has 1 aliphatic rings. The highest BCUT2D eigenvalue weighted by Gasteiger charge is 2.30. The number of rotatable bonds is 4. The van der Waals surface area contributed by atoms with Gasteiger partial charge in [-0.3, -0.25) is 4.79 Å². The van der Waals surface area contributed by atoms with Crippen molar-refractivity contribution in [2.24, 2.45) is 5.92 Å². The minimum absolute atomic E-state index is 0.0519. The largest absolute Gasteiger partial charge is 0.478 e. The fraction of sp³-hybridized carbons (Fsp3) is 0.467. The lowest BCUT2D eigenvalue weighted by molar-refractivity contribution is -0.131. The summed E-state index contributed by atoms with van der Waals surface area (Å²) in [6, 6.07) is 1.76. The van der Waals surface area contributed by atoms with Crippen LogP contribution in [0.25, 0.3) is 6.08 Å². The molecule has 0 aliphatic carbocycles. The molecule has 114 valence electrons. The fourth-order valence-electron chi connectivity index (χ4n) is 2.45. The molecule has 1 fully saturated rings. The molecular weight excluding hydrogens is 290 g/mol. The first kappa shape index (κ1) is 15.7. The van der Waals surface area contributed by atoms with E-state index in [1.807, 2.05) is 0 Å². The normalized spacial score (nSPS) is 22.7. The van der Waals surface area contributed by atoms with Gasteiger partial charge in [-0.05, 0) is 35.4 Å². The molecule has 5 nitrogen and oxygen atoms in total. The quantitative estimate of drug-likeness (QED) is 0.867. The van der Waals surface area contributed by atoms with Crippen LogP contribution in [0.15, 0.2) is 17.5 Å². The first-order chi connectivity index (χ1) is 10.0. The summed E-state index contributed by atoms with van der Waals surface area (Å²) in [7, 11) is 1.67. The van der Waals surface area contributed by atoms with Gasteiger partial charge in [-0.15, -0.1) is 11.3 Å². The number of nitrogens with zero attached hydrogens (tertiary/aromatic N) is 1. The van der Waals surface area contributed by atoms with Crippen LogP contribution in [0.1, 0.15) is 28.6 Å². The first-order valence-electron chi connectivity index (χ1n) is 6.83. The lowest BCUT2D eigenvalue weighted by Gasteiger charge is -2.36. The highest BCUT2D eigenvalue weighted by molar-refractivity contribution is 7.12. The molecule has 0 radical (unpaired) electrons. The van der Waals surface area contributed by atoms with Crippen LogP contribution in [0.3, 0.4) is 0 Å². The van der Waals surface area contributed by atoms with Crippen LogP contribution in [-0.2, 0) is 9.53 Å². The Morgan fingerprint density at radius 2 is 2.29 bits per heavy atom. The van der Waals surface area contributed by atoms with Gasteiger partial charge in [0.05, 0.1) is 11.0 Å². The van der Waals surface area contributed by atoms with Gasteiger partial charge in [-0.25, -0.2) is 4.79 Å². The van der Waals surface area contributed by atoms with Gasteiger partial charge in [-0.1, -0.05) is 6.92 Å². The Hall–Kier alpha value is -1.66. The topological polar surface area (TPSA) is 66.8 Å². The maximum absolute atomic E-state index is 12.6. The number of likely N-dealkylation sites (tertiary alicyclic amines) is 1. The number of hydrogen-bond acceptors (Lipinski definition) is 4. The molecule has 1 amide bonds. The van der Waals surface area contributed by atoms with E-state index >= 15 is 0 Å². The Labute approximate surface area is 127 Å². The summed E-state index contributed by atoms with van der Waals surface area (Å²) in [6.45, 7) is 3.42. The maximum atomic E-state index is 12.6. The van der Waals surface area contributed by atoms with Gasteiger partial charge < -0.3 is 14.7 Å². The van der Waals surface area contributed by atoms with Crippen molar-refractivity contribution in [2.75, 3.05) is 20.2 Å². The Bertz CT molecular complexity index is 552. The minimum atomic E-state index is -1.02. The van der Waals surface area contributed by atoms with Crippen molar-refractivity contribution < 1.29 is 19.4 Å². The summed E-state index contributed by atoms with van der Waals surface area (Å²) in [5.41, 5.74) is 0.653. The number of carboxylic acid groups (broad SMARTS) is 1. The minimum Gasteiger partial charge on any atom is -0.478 e. The van der Waals surface area contributed by atoms with E-state index in [0.717, 1.165) is 12.5 Å². The molecule has 2 heterocycles. The zero-order valence-electron chi connectivity index (χ0n) is 12.1. The van der Waals surface area contributed by atoms with Crippen molar-refractivity contribution >= 4 is 29.3 Å². The van der Waals surface area contributed by atoms with Crippen molar-refractivity contribution in [3.63, 3.8) is 0 Å². The third-order valence-corrected chi connectivity index (χ3v) is 4.69. The van der Waals surface area contributed by atoms with Gasteiger partial charge in [0.2, 0.25) is 0 Å². The molecule has 1 aromatic heterocycles. The number of ether oxygens (including phenoxy) is 1. The highest BCUT2D eigenvalue weighted by Crippen LogP contribution is 2.25. The van der Waals surface area contributed by atoms with Crippen LogP contribution in [0.4, 0.5) is 0 Å². The number of thiophene rings is 1. The molecule has 1 aromatic rings. The third kappa shape index (κ3) is 3.71. The summed E-state index contributed by atoms with van der Waals surface area (Å²) in [4.78, 5) is 25.6. The van der Waals surface area contributed by atoms with Crippen molar-refractivity contribution in [1.29, 1.82) is 0 Å². The number of hydrogen-bond donors (Lipinski definition) is 1. The van der Waals surface area contributed by atoms with Crippen LogP contribution in [0.2, 0.25) is 0 Å². The van der Waals surface area contributed by atoms with Crippen LogP contribution in [0, 0.1) is 5.92 Å². The molecule has 0 bridgehead atoms. The van der Waals surface area contributed by atoms with E-state index in [-0.39, 0.29) is 12.0 Å². The van der Waals surface area contributed by atoms with E-state index in [2.05, 4.69) is 6.92 Å². The zero-order valence-corrected chi connectivity index (χ0v) is 12.9. The van der Waals surface area contributed by atoms with Gasteiger partial charge in [0.15, 0.2) is 0 Å². The van der Waals surface area contributed by atoms with E-state index in [1.54, 1.807) is 23.5 Å². The molecule has 2 rings (SSSR count). The van der Waals surface area contributed by atoms with E-state index < -0.39 is 5.97 Å². The lowest BCUT2D eigenvalue weighted by Crippen LogP contribution is -2.46. The van der Waals surface area contributed by atoms with Crippen LogP contribution < -0.4 is 0 Å². The van der Waals surface area contributed by atoms with Gasteiger partial charge in [0.1, 0.15) is 0 Å². The molecule has 2 unspecified atom stereocenters. The van der Waals surface area contributed by atoms with Gasteiger partial charge in [0, 0.05) is 26.3 Å². The summed E-state index contributed by atoms with van der Waals surface area (Å²) >= 11 is 1.34. The fourth-order valence-corrected chi connectivity index (χ4v) is 3.31. The Morgan fingerprint density at radius 1 is 1.52 bits per heavy atom. The van der Waals surface area contributed by atoms with E-state index in [0.29, 0.717) is 29.4 Å². The van der Waals surface area contributed by atoms with Crippen molar-refractivity contribution in [2.45, 2.75) is 19.4 Å². The van der Waals surface area contributed by atoms with Crippen molar-refractivity contribution in [3.05, 3.63) is 28.0 Å². The summed E-state index contributed by atoms with van der Waals surface area (Å²) < 4.78 is 5.43. The molecule has 1 aliphatic heterocycles. The van der Waals surface area contributed by atoms with Crippen LogP contribution in [-0.4, -0.2) is 48.2 Å². The number of methoxy groups -OCH3 is 1. The molecule has 1 N–H and O–H groups in total. The lowest BCUT2D eigenvalue weighted by atomic mass is 9.95. The standard InChI is InChI=1S/C15H19NO4S/c1-10-5-7-16(9-12(10)20-2)15(19)14-11(6-8-21-14)3-4-13(17)18/h3-4,6,8,10,12H,5,7,9H2,1-2H3,(H,17,18)/b4-3+. The highest BCUT2D eigenvalue weighted by atomic mass is 32.1. The van der Waals surface area contributed by atoms with E-state index in [1.165, 1.54) is 17.4 Å². The van der Waals surface area contributed by atoms with E-state index in [4.69, 9.17) is 9.84 Å². The Morgan fingerprint density at radius 3 is 2.95 bits per heavy atom. The summed E-state index contributed by atoms with van der Waals surface area (Å²) in [5.74, 6) is -0.636. The predicted molar refractivity (Wildman–Crippen MR) is 81.5 cm³/mol. The first-order valence-corrected chi connectivity index (χ1v) is 7.71. The average molecular weight is 309 g/mol. The Balaban J connectivity index is 2.14. The summed E-state index contributed by atoms with van der Waals surface area (Å²) in [5, 5.41) is 10.5. The molecule has 0 spiro atoms. The number of piperidine rings is 1. The Kier molecular flexibility index (Phi) is 5.14. The van der Waals surface area contributed by atoms with Crippen molar-refractivity contribution in [1.82, 2.24) is 4.90 Å².